The highest BCUT2D eigenvalue weighted by molar-refractivity contribution is 5.75. The quantitative estimate of drug-likeness (QED) is 0.245. The van der Waals surface area contributed by atoms with Crippen LogP contribution in [-0.4, -0.2) is 63.7 Å². The van der Waals surface area contributed by atoms with Gasteiger partial charge in [-0.25, -0.2) is 4.79 Å². The lowest BCUT2D eigenvalue weighted by Gasteiger charge is -2.36. The van der Waals surface area contributed by atoms with E-state index in [1.165, 1.54) is 6.08 Å². The lowest BCUT2D eigenvalue weighted by molar-refractivity contribution is -0.280. The van der Waals surface area contributed by atoms with Crippen LogP contribution in [0.15, 0.2) is 12.7 Å². The molecule has 1 saturated heterocycles. The van der Waals surface area contributed by atoms with E-state index in [4.69, 9.17) is 10.2 Å². The molecule has 0 aromatic carbocycles. The van der Waals surface area contributed by atoms with Crippen molar-refractivity contribution in [2.24, 2.45) is 0 Å². The maximum Gasteiger partial charge on any atom is 0.338 e. The monoisotopic (exact) mass is 240 g/mol. The van der Waals surface area contributed by atoms with Crippen molar-refractivity contribution in [1.82, 2.24) is 0 Å². The van der Waals surface area contributed by atoms with Crippen molar-refractivity contribution in [3.05, 3.63) is 12.7 Å². The molecule has 1 aliphatic rings. The first-order chi connectivity index (χ1) is 7.49. The number of esters is 1. The fraction of sp³-hybridized carbons (Fsp3) is 0.667. The highest BCUT2D eigenvalue weighted by Crippen LogP contribution is 2.20. The van der Waals surface area contributed by atoms with Crippen LogP contribution in [0, 0.1) is 0 Å². The van der Waals surface area contributed by atoms with Crippen molar-refractivity contribution < 1.29 is 34.7 Å². The molecular formula is C9H14O7. The highest BCUT2D eigenvalue weighted by Gasteiger charge is 2.46. The Morgan fingerprint density at radius 3 is 2.44 bits per heavy atom. The Balaban J connectivity index is 2.66. The molecule has 0 amide bonds. The fourth-order valence-electron chi connectivity index (χ4n) is 1.28. The standard InChI is InChI=1S/C9H14O7/c1-2-3-15-9(14)7-5(11)4(10)6(12)8(13)16-7/h2,4-8,10-13H,1,3H2/t4-,5-,6?,7?,8?/m0/s1/i4+1,5+1,6+1,7+1,8+1,9+1. The number of rotatable bonds is 3. The summed E-state index contributed by atoms with van der Waals surface area (Å²) in [7, 11) is 0. The summed E-state index contributed by atoms with van der Waals surface area (Å²) in [4.78, 5) is 11.3. The Morgan fingerprint density at radius 2 is 1.88 bits per heavy atom. The number of aliphatic hydroxyl groups excluding tert-OH is 4. The van der Waals surface area contributed by atoms with Crippen LogP contribution in [-0.2, 0) is 14.3 Å². The Bertz CT molecular complexity index is 267. The van der Waals surface area contributed by atoms with Crippen LogP contribution in [0.3, 0.4) is 0 Å². The summed E-state index contributed by atoms with van der Waals surface area (Å²) in [6.45, 7) is 3.24. The molecule has 1 fully saturated rings. The van der Waals surface area contributed by atoms with Crippen molar-refractivity contribution in [1.29, 1.82) is 0 Å². The largest absolute Gasteiger partial charge is 0.459 e. The average molecular weight is 240 g/mol. The maximum atomic E-state index is 11.3. The van der Waals surface area contributed by atoms with Gasteiger partial charge in [-0.15, -0.1) is 0 Å². The molecule has 0 aliphatic carbocycles. The summed E-state index contributed by atoms with van der Waals surface area (Å²) in [5.74, 6) is -0.947. The number of aliphatic hydroxyl groups is 4. The van der Waals surface area contributed by atoms with Gasteiger partial charge in [0.25, 0.3) is 0 Å². The van der Waals surface area contributed by atoms with Crippen LogP contribution in [0.25, 0.3) is 0 Å². The van der Waals surface area contributed by atoms with Crippen LogP contribution in [0.2, 0.25) is 0 Å². The molecule has 0 aromatic rings. The molecule has 1 rings (SSSR count). The highest BCUT2D eigenvalue weighted by atomic mass is 16.8. The molecule has 0 aromatic heterocycles. The third-order valence-electron chi connectivity index (χ3n) is 2.16. The van der Waals surface area contributed by atoms with Gasteiger partial charge in [0.1, 0.15) is 24.9 Å². The molecule has 0 spiro atoms. The normalized spacial score (nSPS) is 39.1. The van der Waals surface area contributed by atoms with Crippen LogP contribution >= 0.6 is 0 Å². The second-order valence-corrected chi connectivity index (χ2v) is 3.34. The van der Waals surface area contributed by atoms with E-state index in [0.29, 0.717) is 0 Å². The predicted molar refractivity (Wildman–Crippen MR) is 50.1 cm³/mol. The summed E-state index contributed by atoms with van der Waals surface area (Å²) in [5, 5.41) is 37.0. The van der Waals surface area contributed by atoms with E-state index in [2.05, 4.69) is 16.1 Å². The van der Waals surface area contributed by atoms with Gasteiger partial charge in [0, 0.05) is 0 Å². The Labute approximate surface area is 91.5 Å². The molecule has 3 unspecified atom stereocenters. The van der Waals surface area contributed by atoms with Crippen LogP contribution < -0.4 is 0 Å². The topological polar surface area (TPSA) is 116 Å². The van der Waals surface area contributed by atoms with E-state index in [1.807, 2.05) is 0 Å². The summed E-state index contributed by atoms with van der Waals surface area (Å²) in [6, 6.07) is 0. The fourth-order valence-corrected chi connectivity index (χ4v) is 1.28. The Kier molecular flexibility index (Phi) is 4.39. The van der Waals surface area contributed by atoms with Gasteiger partial charge < -0.3 is 29.9 Å². The van der Waals surface area contributed by atoms with E-state index in [9.17, 15) is 15.0 Å². The van der Waals surface area contributed by atoms with Gasteiger partial charge in [-0.2, -0.15) is 0 Å². The first-order valence-corrected chi connectivity index (χ1v) is 4.64. The molecule has 92 valence electrons. The Hall–Kier alpha value is -0.990. The van der Waals surface area contributed by atoms with Gasteiger partial charge in [-0.1, -0.05) is 12.7 Å². The van der Waals surface area contributed by atoms with Crippen molar-refractivity contribution in [3.8, 4) is 0 Å². The lowest BCUT2D eigenvalue weighted by Crippen LogP contribution is -2.59. The van der Waals surface area contributed by atoms with E-state index in [0.717, 1.165) is 0 Å². The number of ether oxygens (including phenoxy) is 2. The molecule has 7 heteroatoms. The molecule has 5 atom stereocenters. The van der Waals surface area contributed by atoms with Crippen molar-refractivity contribution in [2.45, 2.75) is 30.7 Å². The molecule has 16 heavy (non-hydrogen) atoms. The van der Waals surface area contributed by atoms with Gasteiger partial charge in [-0.05, 0) is 0 Å². The molecule has 0 bridgehead atoms. The lowest BCUT2D eigenvalue weighted by atomic mass is 10.7. The number of hydrogen-bond donors (Lipinski definition) is 4. The smallest absolute Gasteiger partial charge is 0.338 e. The zero-order valence-electron chi connectivity index (χ0n) is 8.39. The van der Waals surface area contributed by atoms with Gasteiger partial charge >= 0.3 is 5.97 Å². The summed E-state index contributed by atoms with van der Waals surface area (Å²) in [5.41, 5.74) is 0. The first-order valence-electron chi connectivity index (χ1n) is 4.64. The number of hydrogen-bond acceptors (Lipinski definition) is 7. The van der Waals surface area contributed by atoms with Crippen molar-refractivity contribution in [2.75, 3.05) is 6.61 Å². The van der Waals surface area contributed by atoms with Gasteiger partial charge in [-0.3, -0.25) is 0 Å². The third kappa shape index (κ3) is 2.57. The minimum Gasteiger partial charge on any atom is -0.459 e. The molecule has 0 radical (unpaired) electrons. The third-order valence-corrected chi connectivity index (χ3v) is 2.16. The van der Waals surface area contributed by atoms with Crippen molar-refractivity contribution >= 4 is 5.97 Å². The molecule has 1 aliphatic heterocycles. The van der Waals surface area contributed by atoms with Gasteiger partial charge in [0.2, 0.25) is 0 Å². The molecule has 0 saturated carbocycles. The van der Waals surface area contributed by atoms with Gasteiger partial charge in [0.05, 0.1) is 0 Å². The molecule has 7 nitrogen and oxygen atoms in total. The van der Waals surface area contributed by atoms with Crippen LogP contribution in [0.5, 0.6) is 0 Å². The van der Waals surface area contributed by atoms with E-state index in [-0.39, 0.29) is 6.61 Å². The second-order valence-electron chi connectivity index (χ2n) is 3.34. The minimum absolute atomic E-state index is 0.0832. The molecular weight excluding hydrogens is 226 g/mol. The first kappa shape index (κ1) is 13.1. The summed E-state index contributed by atoms with van der Waals surface area (Å²) in [6.07, 6.45) is -6.97. The average Bonchev–Trinajstić information content (AvgIpc) is 2.28. The van der Waals surface area contributed by atoms with Crippen LogP contribution in [0.1, 0.15) is 0 Å². The van der Waals surface area contributed by atoms with Crippen molar-refractivity contribution in [3.63, 3.8) is 0 Å². The maximum absolute atomic E-state index is 11.3. The summed E-state index contributed by atoms with van der Waals surface area (Å²) >= 11 is 0. The minimum atomic E-state index is -1.75. The second kappa shape index (κ2) is 5.37. The molecule has 4 N–H and O–H groups in total. The summed E-state index contributed by atoms with van der Waals surface area (Å²) < 4.78 is 9.21. The predicted octanol–water partition coefficient (Wildman–Crippen LogP) is -2.48. The van der Waals surface area contributed by atoms with Crippen LogP contribution in [0.4, 0.5) is 0 Å². The van der Waals surface area contributed by atoms with E-state index in [1.54, 1.807) is 0 Å². The number of carbonyl (C=O) groups excluding carboxylic acids is 1. The van der Waals surface area contributed by atoms with E-state index < -0.39 is 36.7 Å². The molecule has 1 heterocycles. The zero-order valence-corrected chi connectivity index (χ0v) is 8.39. The Morgan fingerprint density at radius 1 is 1.25 bits per heavy atom. The SMILES string of the molecule is C=CCO[13C](=O)[13CH]1O[13CH](O)[13CH](O)[13C@@H](O)[13C@@H]1O. The van der Waals surface area contributed by atoms with Gasteiger partial charge in [0.15, 0.2) is 12.4 Å². The zero-order chi connectivity index (χ0) is 12.3. The number of carbonyl (C=O) groups is 1. The van der Waals surface area contributed by atoms with E-state index >= 15 is 0 Å².